The highest BCUT2D eigenvalue weighted by Gasteiger charge is 2.27. The molecular weight excluding hydrogens is 362 g/mol. The molecule has 2 aromatic rings. The zero-order valence-corrected chi connectivity index (χ0v) is 15.6. The van der Waals surface area contributed by atoms with Crippen LogP contribution in [0.1, 0.15) is 24.2 Å². The average molecular weight is 385 g/mol. The van der Waals surface area contributed by atoms with Gasteiger partial charge in [0.05, 0.1) is 12.6 Å². The smallest absolute Gasteiger partial charge is 0.234 e. The van der Waals surface area contributed by atoms with Gasteiger partial charge in [0.1, 0.15) is 11.5 Å². The number of ether oxygens (including phenoxy) is 3. The van der Waals surface area contributed by atoms with Crippen LogP contribution in [0.4, 0.5) is 0 Å². The van der Waals surface area contributed by atoms with Crippen LogP contribution in [0.3, 0.4) is 0 Å². The van der Waals surface area contributed by atoms with E-state index < -0.39 is 0 Å². The summed E-state index contributed by atoms with van der Waals surface area (Å²) in [4.78, 5) is 14.4. The van der Waals surface area contributed by atoms with Gasteiger partial charge in [-0.3, -0.25) is 9.69 Å². The minimum absolute atomic E-state index is 0.0278. The molecular formula is C20H23N3O5. The van der Waals surface area contributed by atoms with Crippen molar-refractivity contribution in [3.8, 4) is 22.8 Å². The van der Waals surface area contributed by atoms with Gasteiger partial charge < -0.3 is 24.1 Å². The van der Waals surface area contributed by atoms with Gasteiger partial charge in [0.25, 0.3) is 0 Å². The summed E-state index contributed by atoms with van der Waals surface area (Å²) in [6.07, 6.45) is 3.00. The fourth-order valence-electron chi connectivity index (χ4n) is 3.96. The van der Waals surface area contributed by atoms with E-state index in [1.165, 1.54) is 0 Å². The molecule has 5 rings (SSSR count). The molecule has 3 aliphatic heterocycles. The third-order valence-corrected chi connectivity index (χ3v) is 5.47. The maximum absolute atomic E-state index is 12.3. The summed E-state index contributed by atoms with van der Waals surface area (Å²) in [6.45, 7) is 3.40. The number of carbonyl (C=O) groups is 1. The van der Waals surface area contributed by atoms with Crippen molar-refractivity contribution in [2.75, 3.05) is 33.0 Å². The van der Waals surface area contributed by atoms with Crippen LogP contribution in [0.15, 0.2) is 22.7 Å². The molecule has 28 heavy (non-hydrogen) atoms. The van der Waals surface area contributed by atoms with Crippen LogP contribution in [-0.2, 0) is 22.5 Å². The average Bonchev–Trinajstić information content (AvgIpc) is 3.45. The number of hydrogen-bond acceptors (Lipinski definition) is 7. The Labute approximate surface area is 162 Å². The molecule has 1 saturated heterocycles. The van der Waals surface area contributed by atoms with Crippen LogP contribution >= 0.6 is 0 Å². The van der Waals surface area contributed by atoms with Gasteiger partial charge in [-0.1, -0.05) is 5.16 Å². The van der Waals surface area contributed by atoms with Gasteiger partial charge in [0, 0.05) is 43.8 Å². The molecule has 4 heterocycles. The van der Waals surface area contributed by atoms with Crippen LogP contribution in [-0.4, -0.2) is 55.1 Å². The van der Waals surface area contributed by atoms with Crippen molar-refractivity contribution >= 4 is 5.91 Å². The molecule has 0 spiro atoms. The molecule has 0 aliphatic carbocycles. The highest BCUT2D eigenvalue weighted by Crippen LogP contribution is 2.38. The molecule has 0 unspecified atom stereocenters. The molecule has 1 aromatic heterocycles. The summed E-state index contributed by atoms with van der Waals surface area (Å²) >= 11 is 0. The molecule has 148 valence electrons. The number of fused-ring (bicyclic) bond motifs is 2. The minimum Gasteiger partial charge on any atom is -0.454 e. The first-order valence-corrected chi connectivity index (χ1v) is 9.74. The molecule has 1 amide bonds. The Morgan fingerprint density at radius 1 is 1.29 bits per heavy atom. The number of aromatic nitrogens is 1. The second kappa shape index (κ2) is 7.44. The second-order valence-corrected chi connectivity index (χ2v) is 7.40. The molecule has 0 saturated carbocycles. The topological polar surface area (TPSA) is 86.1 Å². The fourth-order valence-corrected chi connectivity index (χ4v) is 3.96. The zero-order chi connectivity index (χ0) is 18.9. The van der Waals surface area contributed by atoms with Crippen LogP contribution in [0.25, 0.3) is 11.3 Å². The first-order valence-electron chi connectivity index (χ1n) is 9.74. The van der Waals surface area contributed by atoms with Gasteiger partial charge >= 0.3 is 0 Å². The Hall–Kier alpha value is -2.58. The molecule has 1 fully saturated rings. The number of hydrogen-bond donors (Lipinski definition) is 1. The van der Waals surface area contributed by atoms with E-state index in [1.54, 1.807) is 0 Å². The van der Waals surface area contributed by atoms with Crippen LogP contribution in [0.2, 0.25) is 0 Å². The molecule has 1 atom stereocenters. The molecule has 8 nitrogen and oxygen atoms in total. The minimum atomic E-state index is 0.0278. The molecule has 0 radical (unpaired) electrons. The summed E-state index contributed by atoms with van der Waals surface area (Å²) in [5.74, 6) is 2.38. The number of nitrogens with zero attached hydrogens (tertiary/aromatic N) is 2. The lowest BCUT2D eigenvalue weighted by molar-refractivity contribution is -0.123. The highest BCUT2D eigenvalue weighted by molar-refractivity contribution is 5.78. The van der Waals surface area contributed by atoms with Crippen LogP contribution in [0.5, 0.6) is 11.5 Å². The second-order valence-electron chi connectivity index (χ2n) is 7.40. The first-order chi connectivity index (χ1) is 13.8. The number of benzene rings is 1. The Balaban J connectivity index is 1.25. The normalized spacial score (nSPS) is 20.9. The van der Waals surface area contributed by atoms with E-state index in [-0.39, 0.29) is 18.8 Å². The van der Waals surface area contributed by atoms with Crippen molar-refractivity contribution in [2.45, 2.75) is 31.9 Å². The summed E-state index contributed by atoms with van der Waals surface area (Å²) in [7, 11) is 0. The molecule has 0 bridgehead atoms. The number of rotatable bonds is 5. The largest absolute Gasteiger partial charge is 0.454 e. The molecule has 1 N–H and O–H groups in total. The van der Waals surface area contributed by atoms with Crippen molar-refractivity contribution in [1.82, 2.24) is 15.4 Å². The Bertz CT molecular complexity index is 875. The van der Waals surface area contributed by atoms with Crippen LogP contribution in [0, 0.1) is 0 Å². The summed E-state index contributed by atoms with van der Waals surface area (Å²) in [5.41, 5.74) is 2.77. The summed E-state index contributed by atoms with van der Waals surface area (Å²) in [5, 5.41) is 7.27. The third kappa shape index (κ3) is 3.45. The third-order valence-electron chi connectivity index (χ3n) is 5.47. The van der Waals surface area contributed by atoms with Crippen molar-refractivity contribution in [1.29, 1.82) is 0 Å². The lowest BCUT2D eigenvalue weighted by Gasteiger charge is -2.25. The van der Waals surface area contributed by atoms with Gasteiger partial charge in [-0.25, -0.2) is 0 Å². The predicted molar refractivity (Wildman–Crippen MR) is 99.0 cm³/mol. The van der Waals surface area contributed by atoms with Crippen molar-refractivity contribution in [2.24, 2.45) is 0 Å². The van der Waals surface area contributed by atoms with Gasteiger partial charge in [0.15, 0.2) is 11.5 Å². The van der Waals surface area contributed by atoms with Crippen molar-refractivity contribution < 1.29 is 23.5 Å². The van der Waals surface area contributed by atoms with E-state index in [4.69, 9.17) is 18.7 Å². The maximum Gasteiger partial charge on any atom is 0.234 e. The van der Waals surface area contributed by atoms with Gasteiger partial charge in [0.2, 0.25) is 12.7 Å². The van der Waals surface area contributed by atoms with Gasteiger partial charge in [-0.05, 0) is 31.0 Å². The predicted octanol–water partition coefficient (Wildman–Crippen LogP) is 1.72. The number of carbonyl (C=O) groups excluding carboxylic acids is 1. The summed E-state index contributed by atoms with van der Waals surface area (Å²) < 4.78 is 22.0. The standard InChI is InChI=1S/C20H23N3O5/c24-19(21-9-14-2-1-7-25-14)11-23-6-5-16-15(10-23)20(22-28-16)13-3-4-17-18(8-13)27-12-26-17/h3-4,8,14H,1-2,5-7,9-12H2,(H,21,24)/t14-/m0/s1. The first kappa shape index (κ1) is 17.5. The van der Waals surface area contributed by atoms with Gasteiger partial charge in [-0.2, -0.15) is 0 Å². The lowest BCUT2D eigenvalue weighted by atomic mass is 10.0. The van der Waals surface area contributed by atoms with Crippen molar-refractivity contribution in [3.05, 3.63) is 29.5 Å². The van der Waals surface area contributed by atoms with Crippen molar-refractivity contribution in [3.63, 3.8) is 0 Å². The zero-order valence-electron chi connectivity index (χ0n) is 15.6. The SMILES string of the molecule is O=C(CN1CCc2onc(-c3ccc4c(c3)OCO4)c2C1)NC[C@@H]1CCCO1. The van der Waals surface area contributed by atoms with Crippen LogP contribution < -0.4 is 14.8 Å². The Morgan fingerprint density at radius 2 is 2.21 bits per heavy atom. The Kier molecular flexibility index (Phi) is 4.66. The van der Waals surface area contributed by atoms with E-state index in [0.717, 1.165) is 66.5 Å². The number of nitrogens with one attached hydrogen (secondary N) is 1. The Morgan fingerprint density at radius 3 is 3.11 bits per heavy atom. The van der Waals surface area contributed by atoms with E-state index >= 15 is 0 Å². The van der Waals surface area contributed by atoms with E-state index in [9.17, 15) is 4.79 Å². The quantitative estimate of drug-likeness (QED) is 0.839. The maximum atomic E-state index is 12.3. The molecule has 3 aliphatic rings. The molecule has 1 aromatic carbocycles. The highest BCUT2D eigenvalue weighted by atomic mass is 16.7. The lowest BCUT2D eigenvalue weighted by Crippen LogP contribution is -2.41. The fraction of sp³-hybridized carbons (Fsp3) is 0.500. The monoisotopic (exact) mass is 385 g/mol. The number of amides is 1. The molecule has 8 heteroatoms. The van der Waals surface area contributed by atoms with E-state index in [2.05, 4.69) is 15.4 Å². The summed E-state index contributed by atoms with van der Waals surface area (Å²) in [6, 6.07) is 5.77. The van der Waals surface area contributed by atoms with Gasteiger partial charge in [-0.15, -0.1) is 0 Å². The van der Waals surface area contributed by atoms with E-state index in [0.29, 0.717) is 19.6 Å². The van der Waals surface area contributed by atoms with E-state index in [1.807, 2.05) is 18.2 Å².